The first-order valence-electron chi connectivity index (χ1n) is 20.4. The van der Waals surface area contributed by atoms with E-state index in [0.29, 0.717) is 31.2 Å². The summed E-state index contributed by atoms with van der Waals surface area (Å²) >= 11 is 0. The Labute approximate surface area is 347 Å². The number of carbonyl (C=O) groups is 4. The van der Waals surface area contributed by atoms with Gasteiger partial charge in [-0.25, -0.2) is 19.6 Å². The molecule has 3 aromatic carbocycles. The number of hydrogen-bond acceptors (Lipinski definition) is 8. The van der Waals surface area contributed by atoms with Crippen LogP contribution in [0.5, 0.6) is 0 Å². The van der Waals surface area contributed by atoms with Gasteiger partial charge in [0.2, 0.25) is 5.91 Å². The van der Waals surface area contributed by atoms with Crippen molar-refractivity contribution in [3.8, 4) is 33.6 Å². The summed E-state index contributed by atoms with van der Waals surface area (Å²) in [6.07, 6.45) is 6.32. The average Bonchev–Trinajstić information content (AvgIpc) is 4.12. The molecule has 0 saturated carbocycles. The van der Waals surface area contributed by atoms with Crippen molar-refractivity contribution in [2.75, 3.05) is 20.2 Å². The number of hydrogen-bond donors (Lipinski definition) is 5. The Hall–Kier alpha value is -6.90. The number of H-pyrrole nitrogens is 3. The number of methoxy groups -OCH3 is 1. The molecule has 0 bridgehead atoms. The predicted octanol–water partition coefficient (Wildman–Crippen LogP) is 7.03. The first kappa shape index (κ1) is 39.9. The Morgan fingerprint density at radius 1 is 0.783 bits per heavy atom. The molecule has 15 heteroatoms. The molecule has 0 spiro atoms. The van der Waals surface area contributed by atoms with Gasteiger partial charge < -0.3 is 45.3 Å². The van der Waals surface area contributed by atoms with Gasteiger partial charge in [-0.05, 0) is 65.5 Å². The number of alkyl carbamates (subject to hydrolysis) is 1. The molecule has 15 nitrogen and oxygen atoms in total. The maximum Gasteiger partial charge on any atom is 0.407 e. The van der Waals surface area contributed by atoms with Gasteiger partial charge in [-0.1, -0.05) is 80.6 Å². The van der Waals surface area contributed by atoms with Gasteiger partial charge in [-0.15, -0.1) is 0 Å². The van der Waals surface area contributed by atoms with E-state index in [-0.39, 0.29) is 29.8 Å². The van der Waals surface area contributed by atoms with Crippen LogP contribution < -0.4 is 11.1 Å². The van der Waals surface area contributed by atoms with E-state index >= 15 is 0 Å². The number of para-hydroxylation sites is 1. The number of aromatic nitrogens is 5. The first-order valence-corrected chi connectivity index (χ1v) is 20.4. The van der Waals surface area contributed by atoms with Gasteiger partial charge in [-0.2, -0.15) is 0 Å². The van der Waals surface area contributed by atoms with Crippen molar-refractivity contribution in [3.63, 3.8) is 0 Å². The van der Waals surface area contributed by atoms with Crippen LogP contribution in [0.3, 0.4) is 0 Å². The molecule has 60 heavy (non-hydrogen) atoms. The average molecular weight is 812 g/mol. The van der Waals surface area contributed by atoms with E-state index in [1.807, 2.05) is 73.5 Å². The van der Waals surface area contributed by atoms with Crippen molar-refractivity contribution >= 4 is 34.9 Å². The van der Waals surface area contributed by atoms with Gasteiger partial charge in [0.25, 0.3) is 5.91 Å². The van der Waals surface area contributed by atoms with Crippen molar-refractivity contribution < 1.29 is 28.7 Å². The third kappa shape index (κ3) is 8.20. The molecule has 6 aromatic rings. The molecule has 310 valence electrons. The SMILES string of the molecule is COC(=O)N[C@@H](Cc1c[nH]c2ccccc12)C(=O)N1CCC[C@H]1c1ncc(-c2ccc(-c3ccc(-c4cnc([C@@H]5CCCN5C(=O)[C@@H](OC(N)=O)C(C)C)[nH]4)cc3)cc2)[nH]1. The third-order valence-electron chi connectivity index (χ3n) is 11.6. The highest BCUT2D eigenvalue weighted by Crippen LogP contribution is 2.35. The molecule has 3 aromatic heterocycles. The van der Waals surface area contributed by atoms with Gasteiger partial charge in [0.1, 0.15) is 17.7 Å². The summed E-state index contributed by atoms with van der Waals surface area (Å²) in [6, 6.07) is 23.0. The van der Waals surface area contributed by atoms with Crippen molar-refractivity contribution in [2.24, 2.45) is 11.7 Å². The molecular weight excluding hydrogens is 763 g/mol. The number of rotatable bonds is 12. The van der Waals surface area contributed by atoms with Crippen molar-refractivity contribution in [1.82, 2.24) is 40.0 Å². The molecule has 2 saturated heterocycles. The molecule has 4 atom stereocenters. The standard InChI is InChI=1S/C45H49N9O6/c1-26(2)39(60-44(46)57)43(56)54-21-7-11-38(54)41-49-25-36(51-41)30-18-14-28(15-19-30)27-12-16-29(17-13-27)35-24-48-40(50-35)37-10-6-20-53(37)42(55)34(52-45(58)59-3)22-31-23-47-33-9-5-4-8-32(31)33/h4-5,8-9,12-19,23-26,34,37-39,47H,6-7,10-11,20-22H2,1-3H3,(H2,46,57)(H,48,50)(H,49,51)(H,52,58)/t34-,37-,38-,39-/m0/s1. The van der Waals surface area contributed by atoms with Crippen LogP contribution in [-0.4, -0.2) is 91.1 Å². The minimum absolute atomic E-state index is 0.185. The number of imidazole rings is 2. The molecule has 8 rings (SSSR count). The lowest BCUT2D eigenvalue weighted by atomic mass is 10.0. The van der Waals surface area contributed by atoms with Crippen LogP contribution in [0.1, 0.15) is 68.8 Å². The van der Waals surface area contributed by atoms with Crippen molar-refractivity contribution in [1.29, 1.82) is 0 Å². The summed E-state index contributed by atoms with van der Waals surface area (Å²) in [5, 5.41) is 3.78. The van der Waals surface area contributed by atoms with Crippen molar-refractivity contribution in [2.45, 2.75) is 70.2 Å². The second-order valence-corrected chi connectivity index (χ2v) is 15.8. The maximum atomic E-state index is 14.1. The third-order valence-corrected chi connectivity index (χ3v) is 11.6. The second-order valence-electron chi connectivity index (χ2n) is 15.8. The van der Waals surface area contributed by atoms with E-state index in [9.17, 15) is 19.2 Å². The van der Waals surface area contributed by atoms with E-state index in [1.165, 1.54) is 7.11 Å². The highest BCUT2D eigenvalue weighted by atomic mass is 16.6. The Morgan fingerprint density at radius 3 is 1.85 bits per heavy atom. The van der Waals surface area contributed by atoms with Crippen LogP contribution in [0.4, 0.5) is 9.59 Å². The zero-order valence-electron chi connectivity index (χ0n) is 33.8. The fourth-order valence-electron chi connectivity index (χ4n) is 8.50. The fourth-order valence-corrected chi connectivity index (χ4v) is 8.50. The van der Waals surface area contributed by atoms with Crippen LogP contribution in [0.2, 0.25) is 0 Å². The van der Waals surface area contributed by atoms with Crippen LogP contribution in [-0.2, 0) is 25.5 Å². The van der Waals surface area contributed by atoms with Crippen molar-refractivity contribution in [3.05, 3.63) is 109 Å². The number of nitrogens with two attached hydrogens (primary N) is 1. The summed E-state index contributed by atoms with van der Waals surface area (Å²) in [7, 11) is 1.29. The van der Waals surface area contributed by atoms with E-state index in [1.54, 1.807) is 17.3 Å². The fraction of sp³-hybridized carbons (Fsp3) is 0.333. The minimum atomic E-state index is -0.965. The number of primary amides is 1. The van der Waals surface area contributed by atoms with Crippen LogP contribution in [0.25, 0.3) is 44.5 Å². The highest BCUT2D eigenvalue weighted by Gasteiger charge is 2.39. The number of amides is 4. The van der Waals surface area contributed by atoms with Crippen LogP contribution >= 0.6 is 0 Å². The number of likely N-dealkylation sites (tertiary alicyclic amines) is 2. The number of ether oxygens (including phenoxy) is 2. The minimum Gasteiger partial charge on any atom is -0.453 e. The number of fused-ring (bicyclic) bond motifs is 1. The number of nitrogens with zero attached hydrogens (tertiary/aromatic N) is 4. The molecule has 0 unspecified atom stereocenters. The largest absolute Gasteiger partial charge is 0.453 e. The molecule has 5 heterocycles. The van der Waals surface area contributed by atoms with Crippen LogP contribution in [0.15, 0.2) is 91.4 Å². The topological polar surface area (TPSA) is 204 Å². The highest BCUT2D eigenvalue weighted by molar-refractivity contribution is 5.89. The van der Waals surface area contributed by atoms with Crippen LogP contribution in [0, 0.1) is 5.92 Å². The normalized spacial score (nSPS) is 17.5. The smallest absolute Gasteiger partial charge is 0.407 e. The molecule has 2 aliphatic heterocycles. The molecular formula is C45H49N9O6. The summed E-state index contributed by atoms with van der Waals surface area (Å²) in [4.78, 5) is 74.5. The maximum absolute atomic E-state index is 14.1. The summed E-state index contributed by atoms with van der Waals surface area (Å²) in [6.45, 7) is 4.75. The molecule has 0 radical (unpaired) electrons. The Morgan fingerprint density at radius 2 is 1.32 bits per heavy atom. The molecule has 0 aliphatic carbocycles. The molecule has 2 aliphatic rings. The van der Waals surface area contributed by atoms with E-state index in [0.717, 1.165) is 75.8 Å². The number of benzene rings is 3. The zero-order chi connectivity index (χ0) is 41.9. The quantitative estimate of drug-likeness (QED) is 0.0866. The van der Waals surface area contributed by atoms with E-state index < -0.39 is 24.3 Å². The Bertz CT molecular complexity index is 2490. The van der Waals surface area contributed by atoms with E-state index in [4.69, 9.17) is 20.2 Å². The lowest BCUT2D eigenvalue weighted by Crippen LogP contribution is -2.49. The molecule has 2 fully saturated rings. The summed E-state index contributed by atoms with van der Waals surface area (Å²) in [5.41, 5.74) is 12.8. The van der Waals surface area contributed by atoms with Gasteiger partial charge >= 0.3 is 12.2 Å². The number of nitrogens with one attached hydrogen (secondary N) is 4. The number of carbonyl (C=O) groups excluding carboxylic acids is 4. The van der Waals surface area contributed by atoms with Gasteiger partial charge in [0.05, 0.1) is 43.0 Å². The van der Waals surface area contributed by atoms with Gasteiger partial charge in [-0.3, -0.25) is 9.59 Å². The summed E-state index contributed by atoms with van der Waals surface area (Å²) < 4.78 is 10.1. The Balaban J connectivity index is 0.925. The lowest BCUT2D eigenvalue weighted by molar-refractivity contribution is -0.143. The monoisotopic (exact) mass is 811 g/mol. The Kier molecular flexibility index (Phi) is 11.4. The number of aromatic amines is 3. The summed E-state index contributed by atoms with van der Waals surface area (Å²) in [5.74, 6) is 0.714. The lowest BCUT2D eigenvalue weighted by Gasteiger charge is -2.29. The zero-order valence-corrected chi connectivity index (χ0v) is 33.8. The predicted molar refractivity (Wildman–Crippen MR) is 225 cm³/mol. The molecule has 6 N–H and O–H groups in total. The second kappa shape index (κ2) is 17.1. The van der Waals surface area contributed by atoms with E-state index in [2.05, 4.69) is 49.5 Å². The molecule has 4 amide bonds. The van der Waals surface area contributed by atoms with Gasteiger partial charge in [0.15, 0.2) is 6.10 Å². The first-order chi connectivity index (χ1) is 29.1. The van der Waals surface area contributed by atoms with Gasteiger partial charge in [0, 0.05) is 36.6 Å².